The van der Waals surface area contributed by atoms with E-state index in [2.05, 4.69) is 11.1 Å². The van der Waals surface area contributed by atoms with Gasteiger partial charge in [0.2, 0.25) is 0 Å². The summed E-state index contributed by atoms with van der Waals surface area (Å²) in [5, 5.41) is 10.9. The fraction of sp³-hybridized carbons (Fsp3) is 0. The summed E-state index contributed by atoms with van der Waals surface area (Å²) in [6, 6.07) is 16.6. The molecule has 0 saturated carbocycles. The van der Waals surface area contributed by atoms with Crippen molar-refractivity contribution >= 4 is 22.4 Å². The molecule has 0 N–H and O–H groups in total. The highest BCUT2D eigenvalue weighted by atomic mass is 35.5. The molecule has 0 fully saturated rings. The van der Waals surface area contributed by atoms with Crippen LogP contribution in [0.2, 0.25) is 5.15 Å². The van der Waals surface area contributed by atoms with Crippen LogP contribution >= 0.6 is 11.6 Å². The highest BCUT2D eigenvalue weighted by Crippen LogP contribution is 2.33. The number of halogens is 1. The predicted molar refractivity (Wildman–Crippen MR) is 78.0 cm³/mol. The fourth-order valence-electron chi connectivity index (χ4n) is 1.96. The van der Waals surface area contributed by atoms with Crippen LogP contribution in [0.3, 0.4) is 0 Å². The van der Waals surface area contributed by atoms with Gasteiger partial charge in [-0.2, -0.15) is 5.26 Å². The first-order valence-corrected chi connectivity index (χ1v) is 6.37. The average molecular weight is 281 g/mol. The van der Waals surface area contributed by atoms with Crippen LogP contribution in [0.5, 0.6) is 11.5 Å². The molecule has 1 heterocycles. The molecule has 0 amide bonds. The predicted octanol–water partition coefficient (Wildman–Crippen LogP) is 4.55. The summed E-state index contributed by atoms with van der Waals surface area (Å²) in [5.41, 5.74) is 0.593. The van der Waals surface area contributed by atoms with Crippen molar-refractivity contribution in [2.75, 3.05) is 0 Å². The van der Waals surface area contributed by atoms with Crippen LogP contribution in [0, 0.1) is 11.3 Å². The van der Waals surface area contributed by atoms with Gasteiger partial charge in [-0.3, -0.25) is 0 Å². The van der Waals surface area contributed by atoms with Crippen molar-refractivity contribution in [3.8, 4) is 17.6 Å². The van der Waals surface area contributed by atoms with Gasteiger partial charge in [-0.05, 0) is 41.8 Å². The van der Waals surface area contributed by atoms with Crippen molar-refractivity contribution in [1.29, 1.82) is 5.26 Å². The normalized spacial score (nSPS) is 10.2. The van der Waals surface area contributed by atoms with Crippen LogP contribution in [0.15, 0.2) is 54.7 Å². The minimum absolute atomic E-state index is 0.409. The number of nitrogens with zero attached hydrogens (tertiary/aromatic N) is 2. The zero-order chi connectivity index (χ0) is 13.9. The van der Waals surface area contributed by atoms with E-state index in [1.54, 1.807) is 30.5 Å². The molecule has 0 aliphatic heterocycles. The molecule has 3 nitrogen and oxygen atoms in total. The lowest BCUT2D eigenvalue weighted by Crippen LogP contribution is -1.88. The van der Waals surface area contributed by atoms with E-state index >= 15 is 0 Å². The molecular weight excluding hydrogens is 272 g/mol. The molecule has 3 aromatic rings. The second-order valence-electron chi connectivity index (χ2n) is 4.19. The Morgan fingerprint density at radius 1 is 1.05 bits per heavy atom. The Kier molecular flexibility index (Phi) is 3.24. The van der Waals surface area contributed by atoms with Gasteiger partial charge in [-0.1, -0.05) is 23.7 Å². The van der Waals surface area contributed by atoms with Crippen molar-refractivity contribution in [3.63, 3.8) is 0 Å². The standard InChI is InChI=1S/C16H9ClN2O/c17-16-15-12(8-9-19-16)2-1-3-14(15)20-13-6-4-11(10-18)5-7-13/h1-9H. The van der Waals surface area contributed by atoms with Gasteiger partial charge in [0.15, 0.2) is 0 Å². The maximum atomic E-state index is 8.78. The summed E-state index contributed by atoms with van der Waals surface area (Å²) in [6.45, 7) is 0. The monoisotopic (exact) mass is 280 g/mol. The molecule has 20 heavy (non-hydrogen) atoms. The van der Waals surface area contributed by atoms with E-state index in [0.29, 0.717) is 22.2 Å². The fourth-order valence-corrected chi connectivity index (χ4v) is 2.22. The molecule has 0 spiro atoms. The van der Waals surface area contributed by atoms with E-state index < -0.39 is 0 Å². The second-order valence-corrected chi connectivity index (χ2v) is 4.55. The number of aromatic nitrogens is 1. The summed E-state index contributed by atoms with van der Waals surface area (Å²) >= 11 is 6.14. The summed E-state index contributed by atoms with van der Waals surface area (Å²) in [7, 11) is 0. The molecule has 3 rings (SSSR count). The van der Waals surface area contributed by atoms with Gasteiger partial charge < -0.3 is 4.74 Å². The Bertz CT molecular complexity index is 802. The van der Waals surface area contributed by atoms with E-state index in [1.807, 2.05) is 24.3 Å². The first-order chi connectivity index (χ1) is 9.78. The Morgan fingerprint density at radius 2 is 1.85 bits per heavy atom. The third-order valence-electron chi connectivity index (χ3n) is 2.92. The molecule has 0 saturated heterocycles. The molecule has 1 aromatic heterocycles. The second kappa shape index (κ2) is 5.20. The lowest BCUT2D eigenvalue weighted by Gasteiger charge is -2.09. The molecule has 0 radical (unpaired) electrons. The Hall–Kier alpha value is -2.57. The minimum Gasteiger partial charge on any atom is -0.457 e. The SMILES string of the molecule is N#Cc1ccc(Oc2cccc3ccnc(Cl)c23)cc1. The maximum absolute atomic E-state index is 8.78. The summed E-state index contributed by atoms with van der Waals surface area (Å²) in [5.74, 6) is 1.29. The van der Waals surface area contributed by atoms with Crippen LogP contribution in [0.4, 0.5) is 0 Å². The first kappa shape index (κ1) is 12.5. The van der Waals surface area contributed by atoms with Crippen LogP contribution in [-0.4, -0.2) is 4.98 Å². The van der Waals surface area contributed by atoms with Gasteiger partial charge in [0, 0.05) is 6.20 Å². The number of nitriles is 1. The van der Waals surface area contributed by atoms with Gasteiger partial charge in [0.05, 0.1) is 17.0 Å². The van der Waals surface area contributed by atoms with E-state index in [0.717, 1.165) is 10.8 Å². The highest BCUT2D eigenvalue weighted by molar-refractivity contribution is 6.34. The third kappa shape index (κ3) is 2.29. The summed E-state index contributed by atoms with van der Waals surface area (Å²) in [4.78, 5) is 4.08. The van der Waals surface area contributed by atoms with E-state index in [-0.39, 0.29) is 0 Å². The van der Waals surface area contributed by atoms with E-state index in [9.17, 15) is 0 Å². The average Bonchev–Trinajstić information content (AvgIpc) is 2.48. The Balaban J connectivity index is 2.04. The smallest absolute Gasteiger partial charge is 0.140 e. The van der Waals surface area contributed by atoms with E-state index in [1.165, 1.54) is 0 Å². The molecule has 0 aliphatic rings. The first-order valence-electron chi connectivity index (χ1n) is 5.99. The van der Waals surface area contributed by atoms with Crippen LogP contribution in [0.1, 0.15) is 5.56 Å². The lowest BCUT2D eigenvalue weighted by atomic mass is 10.1. The van der Waals surface area contributed by atoms with Crippen LogP contribution in [-0.2, 0) is 0 Å². The number of benzene rings is 2. The quantitative estimate of drug-likeness (QED) is 0.647. The van der Waals surface area contributed by atoms with Crippen molar-refractivity contribution < 1.29 is 4.74 Å². The van der Waals surface area contributed by atoms with Crippen molar-refractivity contribution in [3.05, 3.63) is 65.4 Å². The number of hydrogen-bond donors (Lipinski definition) is 0. The minimum atomic E-state index is 0.409. The topological polar surface area (TPSA) is 45.9 Å². The molecule has 0 bridgehead atoms. The van der Waals surface area contributed by atoms with Crippen molar-refractivity contribution in [2.24, 2.45) is 0 Å². The molecule has 0 atom stereocenters. The molecule has 4 heteroatoms. The Labute approximate surface area is 121 Å². The number of rotatable bonds is 2. The zero-order valence-electron chi connectivity index (χ0n) is 10.4. The Morgan fingerprint density at radius 3 is 2.60 bits per heavy atom. The van der Waals surface area contributed by atoms with Crippen LogP contribution < -0.4 is 4.74 Å². The third-order valence-corrected chi connectivity index (χ3v) is 3.20. The van der Waals surface area contributed by atoms with Crippen LogP contribution in [0.25, 0.3) is 10.8 Å². The summed E-state index contributed by atoms with van der Waals surface area (Å²) < 4.78 is 5.84. The number of pyridine rings is 1. The molecule has 0 unspecified atom stereocenters. The summed E-state index contributed by atoms with van der Waals surface area (Å²) in [6.07, 6.45) is 1.66. The molecule has 96 valence electrons. The van der Waals surface area contributed by atoms with Gasteiger partial charge in [0.25, 0.3) is 0 Å². The number of hydrogen-bond acceptors (Lipinski definition) is 3. The van der Waals surface area contributed by atoms with Gasteiger partial charge in [0.1, 0.15) is 16.7 Å². The van der Waals surface area contributed by atoms with Gasteiger partial charge in [-0.25, -0.2) is 4.98 Å². The lowest BCUT2D eigenvalue weighted by molar-refractivity contribution is 0.488. The van der Waals surface area contributed by atoms with E-state index in [4.69, 9.17) is 21.6 Å². The maximum Gasteiger partial charge on any atom is 0.140 e. The van der Waals surface area contributed by atoms with Gasteiger partial charge in [-0.15, -0.1) is 0 Å². The largest absolute Gasteiger partial charge is 0.457 e. The van der Waals surface area contributed by atoms with Crippen molar-refractivity contribution in [1.82, 2.24) is 4.98 Å². The number of ether oxygens (including phenoxy) is 1. The highest BCUT2D eigenvalue weighted by Gasteiger charge is 2.08. The molecule has 2 aromatic carbocycles. The molecular formula is C16H9ClN2O. The number of fused-ring (bicyclic) bond motifs is 1. The van der Waals surface area contributed by atoms with Crippen molar-refractivity contribution in [2.45, 2.75) is 0 Å². The molecule has 0 aliphatic carbocycles. The zero-order valence-corrected chi connectivity index (χ0v) is 11.1. The van der Waals surface area contributed by atoms with Gasteiger partial charge >= 0.3 is 0 Å².